The van der Waals surface area contributed by atoms with Crippen molar-refractivity contribution in [2.24, 2.45) is 5.84 Å². The summed E-state index contributed by atoms with van der Waals surface area (Å²) in [6, 6.07) is 3.61. The van der Waals surface area contributed by atoms with Crippen LogP contribution in [0.1, 0.15) is 12.0 Å². The number of nitrogens with two attached hydrogens (primary N) is 1. The zero-order valence-corrected chi connectivity index (χ0v) is 9.11. The minimum absolute atomic E-state index is 0.235. The third-order valence-electron chi connectivity index (χ3n) is 2.82. The van der Waals surface area contributed by atoms with Gasteiger partial charge in [0.1, 0.15) is 11.9 Å². The number of anilines is 1. The second-order valence-electron chi connectivity index (χ2n) is 4.10. The average Bonchev–Trinajstić information content (AvgIpc) is 2.45. The molecule has 6 heteroatoms. The summed E-state index contributed by atoms with van der Waals surface area (Å²) in [7, 11) is 0. The summed E-state index contributed by atoms with van der Waals surface area (Å²) >= 11 is 0. The van der Waals surface area contributed by atoms with E-state index >= 15 is 0 Å². The topological polar surface area (TPSA) is 87.4 Å². The molecule has 0 spiro atoms. The Morgan fingerprint density at radius 2 is 2.35 bits per heavy atom. The summed E-state index contributed by atoms with van der Waals surface area (Å²) in [6.07, 6.45) is -0.152. The second kappa shape index (κ2) is 4.68. The van der Waals surface area contributed by atoms with Crippen LogP contribution in [0, 0.1) is 5.82 Å². The molecular formula is C11H14FN3O2. The van der Waals surface area contributed by atoms with E-state index in [0.29, 0.717) is 17.7 Å². The van der Waals surface area contributed by atoms with Crippen molar-refractivity contribution in [1.29, 1.82) is 0 Å². The molecule has 0 bridgehead atoms. The standard InChI is InChI=1S/C11H14FN3O2/c12-7-1-2-9-6(3-7)4-8(16)5-10(14-9)11(17)15-13/h1-3,8,10,14,16H,4-5,13H2,(H,15,17). The molecular weight excluding hydrogens is 225 g/mol. The van der Waals surface area contributed by atoms with Gasteiger partial charge in [-0.05, 0) is 23.8 Å². The van der Waals surface area contributed by atoms with Crippen LogP contribution in [0.2, 0.25) is 0 Å². The quantitative estimate of drug-likeness (QED) is 0.313. The first-order valence-electron chi connectivity index (χ1n) is 5.33. The first kappa shape index (κ1) is 11.8. The number of amides is 1. The second-order valence-corrected chi connectivity index (χ2v) is 4.10. The zero-order valence-electron chi connectivity index (χ0n) is 9.11. The molecule has 0 saturated heterocycles. The van der Waals surface area contributed by atoms with Crippen LogP contribution in [0.5, 0.6) is 0 Å². The van der Waals surface area contributed by atoms with Crippen LogP contribution >= 0.6 is 0 Å². The van der Waals surface area contributed by atoms with Crippen LogP contribution < -0.4 is 16.6 Å². The molecule has 0 saturated carbocycles. The number of halogens is 1. The van der Waals surface area contributed by atoms with E-state index in [1.165, 1.54) is 12.1 Å². The van der Waals surface area contributed by atoms with Crippen molar-refractivity contribution in [3.05, 3.63) is 29.6 Å². The maximum absolute atomic E-state index is 13.1. The van der Waals surface area contributed by atoms with Crippen LogP contribution in [0.4, 0.5) is 10.1 Å². The molecule has 5 nitrogen and oxygen atoms in total. The fraction of sp³-hybridized carbons (Fsp3) is 0.364. The van der Waals surface area contributed by atoms with Gasteiger partial charge in [-0.25, -0.2) is 10.2 Å². The molecule has 1 aromatic rings. The number of nitrogens with one attached hydrogen (secondary N) is 2. The normalized spacial score (nSPS) is 23.2. The SMILES string of the molecule is NNC(=O)C1CC(O)Cc2cc(F)ccc2N1. The zero-order chi connectivity index (χ0) is 12.4. The summed E-state index contributed by atoms with van der Waals surface area (Å²) in [5.41, 5.74) is 3.35. The molecule has 0 radical (unpaired) electrons. The maximum Gasteiger partial charge on any atom is 0.256 e. The van der Waals surface area contributed by atoms with E-state index < -0.39 is 18.1 Å². The van der Waals surface area contributed by atoms with Crippen LogP contribution in [0.15, 0.2) is 18.2 Å². The Morgan fingerprint density at radius 3 is 3.06 bits per heavy atom. The number of carbonyl (C=O) groups excluding carboxylic acids is 1. The molecule has 2 rings (SSSR count). The maximum atomic E-state index is 13.1. The highest BCUT2D eigenvalue weighted by Gasteiger charge is 2.26. The Morgan fingerprint density at radius 1 is 1.59 bits per heavy atom. The number of fused-ring (bicyclic) bond motifs is 1. The van der Waals surface area contributed by atoms with Gasteiger partial charge in [0.15, 0.2) is 0 Å². The van der Waals surface area contributed by atoms with E-state index in [9.17, 15) is 14.3 Å². The lowest BCUT2D eigenvalue weighted by Crippen LogP contribution is -2.44. The third kappa shape index (κ3) is 2.54. The third-order valence-corrected chi connectivity index (χ3v) is 2.82. The highest BCUT2D eigenvalue weighted by atomic mass is 19.1. The van der Waals surface area contributed by atoms with Gasteiger partial charge in [-0.15, -0.1) is 0 Å². The summed E-state index contributed by atoms with van der Waals surface area (Å²) < 4.78 is 13.1. The van der Waals surface area contributed by atoms with E-state index in [2.05, 4.69) is 5.32 Å². The summed E-state index contributed by atoms with van der Waals surface area (Å²) in [5, 5.41) is 12.7. The predicted molar refractivity (Wildman–Crippen MR) is 60.5 cm³/mol. The lowest BCUT2D eigenvalue weighted by Gasteiger charge is -2.17. The molecule has 2 atom stereocenters. The molecule has 0 aromatic heterocycles. The molecule has 1 aromatic carbocycles. The van der Waals surface area contributed by atoms with Crippen LogP contribution in [-0.4, -0.2) is 23.2 Å². The minimum Gasteiger partial charge on any atom is -0.393 e. The number of aliphatic hydroxyl groups excluding tert-OH is 1. The lowest BCUT2D eigenvalue weighted by atomic mass is 10.0. The highest BCUT2D eigenvalue weighted by molar-refractivity contribution is 5.84. The van der Waals surface area contributed by atoms with Crippen LogP contribution in [0.3, 0.4) is 0 Å². The van der Waals surface area contributed by atoms with Gasteiger partial charge in [-0.3, -0.25) is 10.2 Å². The van der Waals surface area contributed by atoms with Crippen molar-refractivity contribution in [2.75, 3.05) is 5.32 Å². The number of rotatable bonds is 1. The van der Waals surface area contributed by atoms with E-state index in [-0.39, 0.29) is 12.2 Å². The van der Waals surface area contributed by atoms with Crippen molar-refractivity contribution in [1.82, 2.24) is 5.43 Å². The molecule has 1 heterocycles. The Balaban J connectivity index is 2.30. The van der Waals surface area contributed by atoms with Gasteiger partial charge in [-0.2, -0.15) is 0 Å². The number of hydrogen-bond donors (Lipinski definition) is 4. The van der Waals surface area contributed by atoms with Gasteiger partial charge in [0.2, 0.25) is 0 Å². The van der Waals surface area contributed by atoms with Crippen molar-refractivity contribution in [3.63, 3.8) is 0 Å². The van der Waals surface area contributed by atoms with Crippen molar-refractivity contribution >= 4 is 11.6 Å². The molecule has 0 aliphatic carbocycles. The monoisotopic (exact) mass is 239 g/mol. The minimum atomic E-state index is -0.701. The largest absolute Gasteiger partial charge is 0.393 e. The van der Waals surface area contributed by atoms with Gasteiger partial charge >= 0.3 is 0 Å². The van der Waals surface area contributed by atoms with Gasteiger partial charge in [0.25, 0.3) is 5.91 Å². The van der Waals surface area contributed by atoms with Gasteiger partial charge < -0.3 is 10.4 Å². The van der Waals surface area contributed by atoms with E-state index in [1.54, 1.807) is 6.07 Å². The Bertz CT molecular complexity index is 439. The highest BCUT2D eigenvalue weighted by Crippen LogP contribution is 2.25. The molecule has 17 heavy (non-hydrogen) atoms. The van der Waals surface area contributed by atoms with Crippen LogP contribution in [0.25, 0.3) is 0 Å². The van der Waals surface area contributed by atoms with E-state index in [1.807, 2.05) is 5.43 Å². The Kier molecular flexibility index (Phi) is 3.26. The molecule has 92 valence electrons. The first-order valence-corrected chi connectivity index (χ1v) is 5.33. The van der Waals surface area contributed by atoms with Gasteiger partial charge in [-0.1, -0.05) is 0 Å². The summed E-state index contributed by atoms with van der Waals surface area (Å²) in [4.78, 5) is 11.5. The molecule has 1 amide bonds. The van der Waals surface area contributed by atoms with Crippen LogP contribution in [-0.2, 0) is 11.2 Å². The van der Waals surface area contributed by atoms with E-state index in [4.69, 9.17) is 5.84 Å². The smallest absolute Gasteiger partial charge is 0.256 e. The fourth-order valence-corrected chi connectivity index (χ4v) is 2.00. The Labute approximate surface area is 97.8 Å². The first-order chi connectivity index (χ1) is 8.10. The number of aliphatic hydroxyl groups is 1. The van der Waals surface area contributed by atoms with Crippen molar-refractivity contribution in [3.8, 4) is 0 Å². The van der Waals surface area contributed by atoms with Crippen molar-refractivity contribution in [2.45, 2.75) is 25.0 Å². The number of carbonyl (C=O) groups is 1. The number of hydrogen-bond acceptors (Lipinski definition) is 4. The predicted octanol–water partition coefficient (Wildman–Crippen LogP) is -0.0968. The lowest BCUT2D eigenvalue weighted by molar-refractivity contribution is -0.122. The fourth-order valence-electron chi connectivity index (χ4n) is 2.00. The Hall–Kier alpha value is -1.66. The molecule has 5 N–H and O–H groups in total. The van der Waals surface area contributed by atoms with Gasteiger partial charge in [0, 0.05) is 18.5 Å². The van der Waals surface area contributed by atoms with Gasteiger partial charge in [0.05, 0.1) is 6.10 Å². The van der Waals surface area contributed by atoms with E-state index in [0.717, 1.165) is 0 Å². The average molecular weight is 239 g/mol. The molecule has 1 aliphatic heterocycles. The molecule has 2 unspecified atom stereocenters. The van der Waals surface area contributed by atoms with Crippen molar-refractivity contribution < 1.29 is 14.3 Å². The molecule has 1 aliphatic rings. The number of hydrazine groups is 1. The molecule has 0 fully saturated rings. The summed E-state index contributed by atoms with van der Waals surface area (Å²) in [6.45, 7) is 0. The number of benzene rings is 1. The summed E-state index contributed by atoms with van der Waals surface area (Å²) in [5.74, 6) is 4.30.